The maximum Gasteiger partial charge on any atom is 0.331 e. The molecule has 0 saturated carbocycles. The van der Waals surface area contributed by atoms with Gasteiger partial charge in [-0.3, -0.25) is 4.79 Å². The molecule has 4 nitrogen and oxygen atoms in total. The zero-order valence-corrected chi connectivity index (χ0v) is 8.29. The molecule has 0 aliphatic carbocycles. The third-order valence-electron chi connectivity index (χ3n) is 1.47. The highest BCUT2D eigenvalue weighted by atomic mass is 16.7. The predicted octanol–water partition coefficient (Wildman–Crippen LogP) is 1.68. The van der Waals surface area contributed by atoms with Crippen LogP contribution in [0.3, 0.4) is 0 Å². The van der Waals surface area contributed by atoms with Gasteiger partial charge in [0.1, 0.15) is 5.71 Å². The molecule has 0 bridgehead atoms. The number of hydrogen-bond donors (Lipinski definition) is 0. The van der Waals surface area contributed by atoms with Crippen LogP contribution in [0, 0.1) is 0 Å². The van der Waals surface area contributed by atoms with Crippen LogP contribution in [0.1, 0.15) is 40.0 Å². The molecule has 0 aromatic heterocycles. The molecular weight excluding hydrogens is 170 g/mol. The van der Waals surface area contributed by atoms with Crippen LogP contribution in [0.4, 0.5) is 0 Å². The van der Waals surface area contributed by atoms with Gasteiger partial charge in [-0.1, -0.05) is 18.5 Å². The number of hydrogen-bond acceptors (Lipinski definition) is 4. The van der Waals surface area contributed by atoms with E-state index >= 15 is 0 Å². The molecule has 0 N–H and O–H groups in total. The molecule has 0 atom stereocenters. The summed E-state index contributed by atoms with van der Waals surface area (Å²) in [6, 6.07) is 0. The number of carbonyl (C=O) groups excluding carboxylic acids is 2. The van der Waals surface area contributed by atoms with Gasteiger partial charge in [-0.15, -0.1) is 0 Å². The fourth-order valence-corrected chi connectivity index (χ4v) is 0.702. The number of ketones is 1. The Kier molecular flexibility index (Phi) is 5.76. The molecule has 4 heteroatoms. The lowest BCUT2D eigenvalue weighted by molar-refractivity contribution is -0.140. The van der Waals surface area contributed by atoms with E-state index < -0.39 is 5.97 Å². The standard InChI is InChI=1S/C9H15NO3/c1-4-5-6-9(12)7(2)10-13-8(3)11/h4-6H2,1-3H3/b10-7+. The van der Waals surface area contributed by atoms with Crippen LogP contribution in [0.2, 0.25) is 0 Å². The minimum atomic E-state index is -0.511. The first-order valence-electron chi connectivity index (χ1n) is 4.33. The van der Waals surface area contributed by atoms with Crippen LogP contribution < -0.4 is 0 Å². The van der Waals surface area contributed by atoms with Gasteiger partial charge in [-0.25, -0.2) is 4.79 Å². The molecule has 0 saturated heterocycles. The minimum Gasteiger partial charge on any atom is -0.318 e. The van der Waals surface area contributed by atoms with Crippen LogP contribution in [0.25, 0.3) is 0 Å². The molecule has 0 spiro atoms. The van der Waals surface area contributed by atoms with Gasteiger partial charge in [0.25, 0.3) is 0 Å². The first-order valence-corrected chi connectivity index (χ1v) is 4.33. The molecule has 74 valence electrons. The van der Waals surface area contributed by atoms with Crippen molar-refractivity contribution < 1.29 is 14.4 Å². The topological polar surface area (TPSA) is 55.7 Å². The van der Waals surface area contributed by atoms with Gasteiger partial charge in [0.2, 0.25) is 0 Å². The van der Waals surface area contributed by atoms with E-state index in [2.05, 4.69) is 9.99 Å². The summed E-state index contributed by atoms with van der Waals surface area (Å²) >= 11 is 0. The van der Waals surface area contributed by atoms with Gasteiger partial charge in [0, 0.05) is 13.3 Å². The summed E-state index contributed by atoms with van der Waals surface area (Å²) in [7, 11) is 0. The number of unbranched alkanes of at least 4 members (excludes halogenated alkanes) is 1. The molecule has 0 fully saturated rings. The molecule has 0 rings (SSSR count). The van der Waals surface area contributed by atoms with E-state index in [1.165, 1.54) is 6.92 Å². The second kappa shape index (κ2) is 6.34. The maximum absolute atomic E-state index is 11.2. The summed E-state index contributed by atoms with van der Waals surface area (Å²) in [4.78, 5) is 25.9. The smallest absolute Gasteiger partial charge is 0.318 e. The van der Waals surface area contributed by atoms with E-state index in [1.54, 1.807) is 6.92 Å². The Labute approximate surface area is 77.9 Å². The fourth-order valence-electron chi connectivity index (χ4n) is 0.702. The zero-order valence-electron chi connectivity index (χ0n) is 8.29. The quantitative estimate of drug-likeness (QED) is 0.372. The summed E-state index contributed by atoms with van der Waals surface area (Å²) in [5, 5.41) is 3.39. The fraction of sp³-hybridized carbons (Fsp3) is 0.667. The lowest BCUT2D eigenvalue weighted by Gasteiger charge is -1.97. The first-order chi connectivity index (χ1) is 6.07. The maximum atomic E-state index is 11.2. The average Bonchev–Trinajstić information content (AvgIpc) is 2.10. The molecule has 0 aliphatic heterocycles. The largest absolute Gasteiger partial charge is 0.331 e. The van der Waals surface area contributed by atoms with Crippen molar-refractivity contribution in [1.82, 2.24) is 0 Å². The van der Waals surface area contributed by atoms with Crippen molar-refractivity contribution in [3.8, 4) is 0 Å². The third-order valence-corrected chi connectivity index (χ3v) is 1.47. The van der Waals surface area contributed by atoms with Crippen molar-refractivity contribution in [2.45, 2.75) is 40.0 Å². The molecule has 0 heterocycles. The highest BCUT2D eigenvalue weighted by molar-refractivity contribution is 6.38. The Balaban J connectivity index is 3.93. The second-order valence-electron chi connectivity index (χ2n) is 2.79. The lowest BCUT2D eigenvalue weighted by atomic mass is 10.1. The Morgan fingerprint density at radius 2 is 1.92 bits per heavy atom. The Morgan fingerprint density at radius 3 is 2.38 bits per heavy atom. The number of nitrogens with zero attached hydrogens (tertiary/aromatic N) is 1. The van der Waals surface area contributed by atoms with E-state index in [4.69, 9.17) is 0 Å². The Bertz CT molecular complexity index is 221. The van der Waals surface area contributed by atoms with E-state index in [9.17, 15) is 9.59 Å². The van der Waals surface area contributed by atoms with Crippen LogP contribution in [0.5, 0.6) is 0 Å². The van der Waals surface area contributed by atoms with Gasteiger partial charge >= 0.3 is 5.97 Å². The first kappa shape index (κ1) is 11.8. The van der Waals surface area contributed by atoms with Crippen molar-refractivity contribution in [3.63, 3.8) is 0 Å². The number of carbonyl (C=O) groups is 2. The van der Waals surface area contributed by atoms with Crippen molar-refractivity contribution >= 4 is 17.5 Å². The van der Waals surface area contributed by atoms with Crippen molar-refractivity contribution in [2.75, 3.05) is 0 Å². The molecule has 0 aromatic rings. The summed E-state index contributed by atoms with van der Waals surface area (Å²) in [6.45, 7) is 4.79. The molecule has 0 aliphatic rings. The lowest BCUT2D eigenvalue weighted by Crippen LogP contribution is -2.10. The molecule has 0 unspecified atom stereocenters. The number of rotatable bonds is 5. The molecule has 0 amide bonds. The predicted molar refractivity (Wildman–Crippen MR) is 49.4 cm³/mol. The highest BCUT2D eigenvalue weighted by Gasteiger charge is 2.06. The third kappa shape index (κ3) is 6.02. The summed E-state index contributed by atoms with van der Waals surface area (Å²) in [5.41, 5.74) is 0.253. The van der Waals surface area contributed by atoms with Crippen LogP contribution >= 0.6 is 0 Å². The van der Waals surface area contributed by atoms with Gasteiger partial charge in [-0.2, -0.15) is 0 Å². The second-order valence-corrected chi connectivity index (χ2v) is 2.79. The van der Waals surface area contributed by atoms with Crippen molar-refractivity contribution in [3.05, 3.63) is 0 Å². The molecule has 0 radical (unpaired) electrons. The molecular formula is C9H15NO3. The van der Waals surface area contributed by atoms with E-state index in [-0.39, 0.29) is 11.5 Å². The van der Waals surface area contributed by atoms with E-state index in [0.29, 0.717) is 6.42 Å². The van der Waals surface area contributed by atoms with Gasteiger partial charge in [0.05, 0.1) is 0 Å². The van der Waals surface area contributed by atoms with Gasteiger partial charge < -0.3 is 4.84 Å². The molecule has 0 aromatic carbocycles. The summed E-state index contributed by atoms with van der Waals surface area (Å²) in [5.74, 6) is -0.578. The highest BCUT2D eigenvalue weighted by Crippen LogP contribution is 1.97. The zero-order chi connectivity index (χ0) is 10.3. The number of oxime groups is 1. The SMILES string of the molecule is CCCCC(=O)/C(C)=N/OC(C)=O. The van der Waals surface area contributed by atoms with Crippen molar-refractivity contribution in [1.29, 1.82) is 0 Å². The monoisotopic (exact) mass is 185 g/mol. The normalized spacial score (nSPS) is 11.2. The van der Waals surface area contributed by atoms with Crippen molar-refractivity contribution in [2.24, 2.45) is 5.16 Å². The summed E-state index contributed by atoms with van der Waals surface area (Å²) in [6.07, 6.45) is 2.27. The Hall–Kier alpha value is -1.19. The van der Waals surface area contributed by atoms with Crippen LogP contribution in [-0.4, -0.2) is 17.5 Å². The minimum absolute atomic E-state index is 0.0666. The molecule has 13 heavy (non-hydrogen) atoms. The van der Waals surface area contributed by atoms with E-state index in [0.717, 1.165) is 12.8 Å². The van der Waals surface area contributed by atoms with E-state index in [1.807, 2.05) is 6.92 Å². The summed E-state index contributed by atoms with van der Waals surface area (Å²) < 4.78 is 0. The number of Topliss-reactive ketones (excluding diaryl/α,β-unsaturated/α-hetero) is 1. The van der Waals surface area contributed by atoms with Crippen LogP contribution in [-0.2, 0) is 14.4 Å². The average molecular weight is 185 g/mol. The van der Waals surface area contributed by atoms with Gasteiger partial charge in [0.15, 0.2) is 5.78 Å². The van der Waals surface area contributed by atoms with Gasteiger partial charge in [-0.05, 0) is 13.3 Å². The van der Waals surface area contributed by atoms with Crippen LogP contribution in [0.15, 0.2) is 5.16 Å². The Morgan fingerprint density at radius 1 is 1.31 bits per heavy atom.